The lowest BCUT2D eigenvalue weighted by Crippen LogP contribution is -2.14. The van der Waals surface area contributed by atoms with E-state index in [0.29, 0.717) is 16.0 Å². The quantitative estimate of drug-likeness (QED) is 0.484. The Balaban J connectivity index is 1.74. The molecule has 4 aromatic rings. The zero-order valence-electron chi connectivity index (χ0n) is 14.5. The fourth-order valence-corrected chi connectivity index (χ4v) is 3.15. The number of para-hydroxylation sites is 1. The average Bonchev–Trinajstić information content (AvgIpc) is 3.17. The van der Waals surface area contributed by atoms with E-state index >= 15 is 0 Å². The molecule has 3 aromatic carbocycles. The molecule has 1 aromatic heterocycles. The second-order valence-corrected chi connectivity index (χ2v) is 6.81. The van der Waals surface area contributed by atoms with E-state index in [1.807, 2.05) is 60.7 Å². The third-order valence-electron chi connectivity index (χ3n) is 4.02. The normalized spacial score (nSPS) is 10.6. The molecule has 138 valence electrons. The summed E-state index contributed by atoms with van der Waals surface area (Å²) in [5.74, 6) is -0.323. The van der Waals surface area contributed by atoms with Crippen LogP contribution in [0.4, 0.5) is 10.1 Å². The Morgan fingerprint density at radius 1 is 0.964 bits per heavy atom. The van der Waals surface area contributed by atoms with Crippen LogP contribution in [-0.2, 0) is 0 Å². The lowest BCUT2D eigenvalue weighted by atomic mass is 10.2. The summed E-state index contributed by atoms with van der Waals surface area (Å²) >= 11 is 3.24. The first-order valence-electron chi connectivity index (χ1n) is 8.46. The van der Waals surface area contributed by atoms with Crippen molar-refractivity contribution in [1.29, 1.82) is 0 Å². The predicted molar refractivity (Wildman–Crippen MR) is 109 cm³/mol. The molecule has 28 heavy (non-hydrogen) atoms. The second kappa shape index (κ2) is 7.74. The molecule has 0 bridgehead atoms. The summed E-state index contributed by atoms with van der Waals surface area (Å²) in [5.41, 5.74) is 2.06. The largest absolute Gasteiger partial charge is 0.318 e. The average molecular weight is 437 g/mol. The number of nitrogens with one attached hydrogen (secondary N) is 1. The summed E-state index contributed by atoms with van der Waals surface area (Å²) in [6.07, 6.45) is 0. The molecule has 0 saturated carbocycles. The summed E-state index contributed by atoms with van der Waals surface area (Å²) in [5, 5.41) is 7.11. The van der Waals surface area contributed by atoms with Gasteiger partial charge in [-0.3, -0.25) is 4.79 Å². The van der Waals surface area contributed by atoms with Crippen LogP contribution in [-0.4, -0.2) is 20.7 Å². The molecular formula is C21H14BrFN4O. The number of rotatable bonds is 4. The first-order chi connectivity index (χ1) is 13.6. The van der Waals surface area contributed by atoms with Crippen LogP contribution in [0.15, 0.2) is 83.3 Å². The zero-order chi connectivity index (χ0) is 19.5. The van der Waals surface area contributed by atoms with Gasteiger partial charge in [-0.05, 0) is 46.3 Å². The molecule has 7 heteroatoms. The van der Waals surface area contributed by atoms with Crippen molar-refractivity contribution in [2.75, 3.05) is 5.32 Å². The van der Waals surface area contributed by atoms with Gasteiger partial charge in [-0.25, -0.2) is 14.1 Å². The Kier molecular flexibility index (Phi) is 4.99. The SMILES string of the molecule is O=C(Nc1ccc(F)cc1Br)c1nc(-c2ccccc2)n(-c2ccccc2)n1. The Labute approximate surface area is 169 Å². The standard InChI is InChI=1S/C21H14BrFN4O/c22-17-13-15(23)11-12-18(17)24-21(28)19-25-20(14-7-3-1-4-8-14)27(26-19)16-9-5-2-6-10-16/h1-13H,(H,24,28). The van der Waals surface area contributed by atoms with Crippen molar-refractivity contribution in [3.63, 3.8) is 0 Å². The lowest BCUT2D eigenvalue weighted by Gasteiger charge is -2.05. The van der Waals surface area contributed by atoms with E-state index in [0.717, 1.165) is 11.3 Å². The van der Waals surface area contributed by atoms with Gasteiger partial charge in [0.05, 0.1) is 11.4 Å². The molecule has 4 rings (SSSR count). The van der Waals surface area contributed by atoms with Crippen LogP contribution in [0.3, 0.4) is 0 Å². The van der Waals surface area contributed by atoms with Crippen LogP contribution < -0.4 is 5.32 Å². The highest BCUT2D eigenvalue weighted by Gasteiger charge is 2.19. The van der Waals surface area contributed by atoms with Gasteiger partial charge in [0.25, 0.3) is 5.91 Å². The van der Waals surface area contributed by atoms with Gasteiger partial charge >= 0.3 is 0 Å². The van der Waals surface area contributed by atoms with Gasteiger partial charge in [-0.2, -0.15) is 0 Å². The number of carbonyl (C=O) groups excluding carboxylic acids is 1. The van der Waals surface area contributed by atoms with Crippen LogP contribution in [0, 0.1) is 5.82 Å². The predicted octanol–water partition coefficient (Wildman–Crippen LogP) is 5.09. The van der Waals surface area contributed by atoms with E-state index < -0.39 is 11.7 Å². The number of benzene rings is 3. The maximum atomic E-state index is 13.3. The molecule has 0 aliphatic carbocycles. The minimum atomic E-state index is -0.487. The number of aromatic nitrogens is 3. The molecule has 1 N–H and O–H groups in total. The lowest BCUT2D eigenvalue weighted by molar-refractivity contribution is 0.101. The molecule has 1 amide bonds. The van der Waals surface area contributed by atoms with Crippen LogP contribution in [0.1, 0.15) is 10.6 Å². The highest BCUT2D eigenvalue weighted by molar-refractivity contribution is 9.10. The Bertz CT molecular complexity index is 1070. The van der Waals surface area contributed by atoms with Gasteiger partial charge in [0.15, 0.2) is 5.82 Å². The summed E-state index contributed by atoms with van der Waals surface area (Å²) < 4.78 is 15.3. The summed E-state index contributed by atoms with van der Waals surface area (Å²) in [6.45, 7) is 0. The minimum absolute atomic E-state index is 0.0129. The number of anilines is 1. The van der Waals surface area contributed by atoms with Gasteiger partial charge < -0.3 is 5.32 Å². The highest BCUT2D eigenvalue weighted by atomic mass is 79.9. The van der Waals surface area contributed by atoms with Gasteiger partial charge in [-0.1, -0.05) is 48.5 Å². The van der Waals surface area contributed by atoms with Crippen LogP contribution in [0.2, 0.25) is 0 Å². The maximum absolute atomic E-state index is 13.3. The first kappa shape index (κ1) is 18.1. The number of halogens is 2. The number of nitrogens with zero attached hydrogens (tertiary/aromatic N) is 3. The third-order valence-corrected chi connectivity index (χ3v) is 4.68. The molecule has 5 nitrogen and oxygen atoms in total. The van der Waals surface area contributed by atoms with Crippen molar-refractivity contribution in [3.05, 3.63) is 95.0 Å². The van der Waals surface area contributed by atoms with Crippen LogP contribution in [0.25, 0.3) is 17.1 Å². The second-order valence-electron chi connectivity index (χ2n) is 5.95. The monoisotopic (exact) mass is 436 g/mol. The van der Waals surface area contributed by atoms with Crippen LogP contribution >= 0.6 is 15.9 Å². The van der Waals surface area contributed by atoms with E-state index in [1.165, 1.54) is 18.2 Å². The highest BCUT2D eigenvalue weighted by Crippen LogP contribution is 2.25. The fourth-order valence-electron chi connectivity index (χ4n) is 2.70. The molecule has 1 heterocycles. The van der Waals surface area contributed by atoms with Gasteiger partial charge in [0, 0.05) is 10.0 Å². The first-order valence-corrected chi connectivity index (χ1v) is 9.25. The third kappa shape index (κ3) is 3.70. The maximum Gasteiger partial charge on any atom is 0.295 e. The van der Waals surface area contributed by atoms with E-state index in [4.69, 9.17) is 0 Å². The van der Waals surface area contributed by atoms with Crippen molar-refractivity contribution in [2.24, 2.45) is 0 Å². The van der Waals surface area contributed by atoms with E-state index in [1.54, 1.807) is 4.68 Å². The van der Waals surface area contributed by atoms with E-state index in [9.17, 15) is 9.18 Å². The van der Waals surface area contributed by atoms with Crippen molar-refractivity contribution in [2.45, 2.75) is 0 Å². The fraction of sp³-hybridized carbons (Fsp3) is 0. The molecule has 0 aliphatic rings. The summed E-state index contributed by atoms with van der Waals surface area (Å²) in [4.78, 5) is 17.2. The van der Waals surface area contributed by atoms with E-state index in [-0.39, 0.29) is 5.82 Å². The zero-order valence-corrected chi connectivity index (χ0v) is 16.1. The van der Waals surface area contributed by atoms with Crippen molar-refractivity contribution in [3.8, 4) is 17.1 Å². The molecule has 0 aliphatic heterocycles. The number of carbonyl (C=O) groups is 1. The Morgan fingerprint density at radius 2 is 1.64 bits per heavy atom. The molecule has 0 radical (unpaired) electrons. The molecular weight excluding hydrogens is 423 g/mol. The molecule has 0 atom stereocenters. The van der Waals surface area contributed by atoms with Gasteiger partial charge in [0.2, 0.25) is 5.82 Å². The van der Waals surface area contributed by atoms with E-state index in [2.05, 4.69) is 31.3 Å². The smallest absolute Gasteiger partial charge is 0.295 e. The topological polar surface area (TPSA) is 59.8 Å². The van der Waals surface area contributed by atoms with Crippen molar-refractivity contribution < 1.29 is 9.18 Å². The molecule has 0 saturated heterocycles. The number of hydrogen-bond acceptors (Lipinski definition) is 3. The summed E-state index contributed by atoms with van der Waals surface area (Å²) in [7, 11) is 0. The van der Waals surface area contributed by atoms with Crippen molar-refractivity contribution in [1.82, 2.24) is 14.8 Å². The Morgan fingerprint density at radius 3 is 2.32 bits per heavy atom. The number of hydrogen-bond donors (Lipinski definition) is 1. The molecule has 0 fully saturated rings. The minimum Gasteiger partial charge on any atom is -0.318 e. The Hall–Kier alpha value is -3.32. The molecule has 0 spiro atoms. The van der Waals surface area contributed by atoms with Gasteiger partial charge in [-0.15, -0.1) is 5.10 Å². The van der Waals surface area contributed by atoms with Crippen LogP contribution in [0.5, 0.6) is 0 Å². The number of amides is 1. The van der Waals surface area contributed by atoms with Gasteiger partial charge in [0.1, 0.15) is 5.82 Å². The summed E-state index contributed by atoms with van der Waals surface area (Å²) in [6, 6.07) is 23.0. The van der Waals surface area contributed by atoms with Crippen molar-refractivity contribution >= 4 is 27.5 Å². The molecule has 0 unspecified atom stereocenters.